The van der Waals surface area contributed by atoms with Crippen molar-refractivity contribution in [1.29, 1.82) is 0 Å². The molecular formula is C26H26F3N3O4. The molecule has 1 amide bonds. The van der Waals surface area contributed by atoms with Gasteiger partial charge in [0.05, 0.1) is 18.7 Å². The molecule has 0 fully saturated rings. The lowest BCUT2D eigenvalue weighted by Crippen LogP contribution is -2.43. The first-order valence-electron chi connectivity index (χ1n) is 11.0. The SMILES string of the molecule is COC(=O)c1c(C)c(C(=O)C(C)N(Cc2cccnc2)C(=O)c2ccc(C(F)(F)F)cc2)c(C)n1C. The third-order valence-corrected chi connectivity index (χ3v) is 6.20. The van der Waals surface area contributed by atoms with Crippen LogP contribution in [0.4, 0.5) is 13.2 Å². The number of esters is 1. The molecule has 0 saturated carbocycles. The molecule has 1 atom stereocenters. The number of methoxy groups -OCH3 is 1. The maximum absolute atomic E-state index is 13.7. The zero-order valence-electron chi connectivity index (χ0n) is 20.5. The number of benzene rings is 1. The first-order chi connectivity index (χ1) is 16.9. The largest absolute Gasteiger partial charge is 0.464 e. The Labute approximate surface area is 206 Å². The van der Waals surface area contributed by atoms with Gasteiger partial charge in [-0.2, -0.15) is 13.2 Å². The summed E-state index contributed by atoms with van der Waals surface area (Å²) in [6, 6.07) is 6.24. The van der Waals surface area contributed by atoms with Crippen molar-refractivity contribution in [1.82, 2.24) is 14.5 Å². The van der Waals surface area contributed by atoms with Crippen molar-refractivity contribution in [2.45, 2.75) is 39.5 Å². The number of hydrogen-bond donors (Lipinski definition) is 0. The summed E-state index contributed by atoms with van der Waals surface area (Å²) in [6.45, 7) is 4.85. The number of nitrogens with zero attached hydrogens (tertiary/aromatic N) is 3. The molecular weight excluding hydrogens is 475 g/mol. The Morgan fingerprint density at radius 3 is 2.28 bits per heavy atom. The van der Waals surface area contributed by atoms with Gasteiger partial charge in [-0.15, -0.1) is 0 Å². The number of ketones is 1. The van der Waals surface area contributed by atoms with Crippen LogP contribution in [-0.2, 0) is 24.5 Å². The van der Waals surface area contributed by atoms with Gasteiger partial charge >= 0.3 is 12.1 Å². The van der Waals surface area contributed by atoms with Gasteiger partial charge in [-0.1, -0.05) is 6.07 Å². The summed E-state index contributed by atoms with van der Waals surface area (Å²) >= 11 is 0. The van der Waals surface area contributed by atoms with Crippen LogP contribution in [0.1, 0.15) is 60.5 Å². The summed E-state index contributed by atoms with van der Waals surface area (Å²) in [7, 11) is 2.88. The fourth-order valence-corrected chi connectivity index (χ4v) is 4.12. The second-order valence-corrected chi connectivity index (χ2v) is 8.39. The van der Waals surface area contributed by atoms with E-state index in [1.807, 2.05) is 0 Å². The Balaban J connectivity index is 2.03. The van der Waals surface area contributed by atoms with Crippen molar-refractivity contribution in [3.63, 3.8) is 0 Å². The van der Waals surface area contributed by atoms with Gasteiger partial charge in [-0.3, -0.25) is 14.6 Å². The normalized spacial score (nSPS) is 12.2. The summed E-state index contributed by atoms with van der Waals surface area (Å²) < 4.78 is 45.4. The molecule has 7 nitrogen and oxygen atoms in total. The minimum absolute atomic E-state index is 0.00305. The molecule has 3 rings (SSSR count). The lowest BCUT2D eigenvalue weighted by molar-refractivity contribution is -0.137. The molecule has 0 N–H and O–H groups in total. The molecule has 36 heavy (non-hydrogen) atoms. The number of Topliss-reactive ketones (excluding diaryl/α,β-unsaturated/α-hetero) is 1. The van der Waals surface area contributed by atoms with Crippen molar-refractivity contribution in [3.8, 4) is 0 Å². The molecule has 0 bridgehead atoms. The Kier molecular flexibility index (Phi) is 7.66. The van der Waals surface area contributed by atoms with Crippen LogP contribution in [0.3, 0.4) is 0 Å². The molecule has 190 valence electrons. The molecule has 1 aromatic carbocycles. The molecule has 2 aromatic heterocycles. The molecule has 10 heteroatoms. The van der Waals surface area contributed by atoms with Gasteiger partial charge in [0.2, 0.25) is 0 Å². The van der Waals surface area contributed by atoms with E-state index in [0.29, 0.717) is 16.8 Å². The summed E-state index contributed by atoms with van der Waals surface area (Å²) in [5.41, 5.74) is 1.20. The van der Waals surface area contributed by atoms with E-state index < -0.39 is 35.4 Å². The first kappa shape index (κ1) is 26.7. The van der Waals surface area contributed by atoms with E-state index >= 15 is 0 Å². The van der Waals surface area contributed by atoms with Gasteiger partial charge in [-0.05, 0) is 62.2 Å². The number of alkyl halides is 3. The highest BCUT2D eigenvalue weighted by molar-refractivity contribution is 6.07. The number of carbonyl (C=O) groups is 3. The van der Waals surface area contributed by atoms with Crippen molar-refractivity contribution < 1.29 is 32.3 Å². The highest BCUT2D eigenvalue weighted by Crippen LogP contribution is 2.30. The average Bonchev–Trinajstić information content (AvgIpc) is 3.08. The Hall–Kier alpha value is -3.95. The zero-order valence-corrected chi connectivity index (χ0v) is 20.5. The highest BCUT2D eigenvalue weighted by atomic mass is 19.4. The maximum Gasteiger partial charge on any atom is 0.416 e. The minimum atomic E-state index is -4.54. The summed E-state index contributed by atoms with van der Waals surface area (Å²) in [5.74, 6) is -1.63. The van der Waals surface area contributed by atoms with Crippen molar-refractivity contribution in [2.75, 3.05) is 7.11 Å². The number of carbonyl (C=O) groups excluding carboxylic acids is 3. The minimum Gasteiger partial charge on any atom is -0.464 e. The van der Waals surface area contributed by atoms with E-state index in [9.17, 15) is 27.6 Å². The van der Waals surface area contributed by atoms with E-state index in [1.165, 1.54) is 12.0 Å². The Morgan fingerprint density at radius 2 is 1.75 bits per heavy atom. The number of hydrogen-bond acceptors (Lipinski definition) is 5. The third-order valence-electron chi connectivity index (χ3n) is 6.20. The topological polar surface area (TPSA) is 81.5 Å². The van der Waals surface area contributed by atoms with Crippen LogP contribution in [0.2, 0.25) is 0 Å². The van der Waals surface area contributed by atoms with Crippen LogP contribution < -0.4 is 0 Å². The van der Waals surface area contributed by atoms with Crippen LogP contribution in [0, 0.1) is 13.8 Å². The molecule has 0 spiro atoms. The first-order valence-corrected chi connectivity index (χ1v) is 11.0. The van der Waals surface area contributed by atoms with E-state index in [-0.39, 0.29) is 23.4 Å². The van der Waals surface area contributed by atoms with Gasteiger partial charge in [-0.25, -0.2) is 4.79 Å². The molecule has 0 aliphatic rings. The van der Waals surface area contributed by atoms with Gasteiger partial charge in [0.25, 0.3) is 5.91 Å². The summed E-state index contributed by atoms with van der Waals surface area (Å²) in [4.78, 5) is 44.8. The van der Waals surface area contributed by atoms with E-state index in [2.05, 4.69) is 4.98 Å². The fraction of sp³-hybridized carbons (Fsp3) is 0.308. The standard InChI is InChI=1S/C26H26F3N3O4/c1-15-21(16(2)31(4)22(15)25(35)36-5)23(33)17(3)32(14-18-7-6-12-30-13-18)24(34)19-8-10-20(11-9-19)26(27,28)29/h6-13,17H,14H2,1-5H3. The van der Waals surface area contributed by atoms with Gasteiger partial charge in [0.15, 0.2) is 5.78 Å². The van der Waals surface area contributed by atoms with Crippen molar-refractivity contribution >= 4 is 17.7 Å². The van der Waals surface area contributed by atoms with E-state index in [1.54, 1.807) is 56.9 Å². The van der Waals surface area contributed by atoms with Crippen LogP contribution in [-0.4, -0.2) is 45.3 Å². The van der Waals surface area contributed by atoms with E-state index in [0.717, 1.165) is 24.3 Å². The fourth-order valence-electron chi connectivity index (χ4n) is 4.12. The third kappa shape index (κ3) is 5.17. The lowest BCUT2D eigenvalue weighted by atomic mass is 9.98. The number of amides is 1. The number of ether oxygens (including phenoxy) is 1. The number of rotatable bonds is 7. The van der Waals surface area contributed by atoms with Crippen LogP contribution >= 0.6 is 0 Å². The number of aromatic nitrogens is 2. The molecule has 0 aliphatic heterocycles. The molecule has 0 radical (unpaired) electrons. The monoisotopic (exact) mass is 501 g/mol. The van der Waals surface area contributed by atoms with E-state index in [4.69, 9.17) is 4.74 Å². The quantitative estimate of drug-likeness (QED) is 0.345. The predicted molar refractivity (Wildman–Crippen MR) is 126 cm³/mol. The molecule has 3 aromatic rings. The van der Waals surface area contributed by atoms with Crippen LogP contribution in [0.15, 0.2) is 48.8 Å². The Bertz CT molecular complexity index is 1280. The van der Waals surface area contributed by atoms with Crippen LogP contribution in [0.25, 0.3) is 0 Å². The second kappa shape index (κ2) is 10.3. The summed E-state index contributed by atoms with van der Waals surface area (Å²) in [6.07, 6.45) is -1.44. The number of halogens is 3. The molecule has 2 heterocycles. The molecule has 0 saturated heterocycles. The van der Waals surface area contributed by atoms with Crippen LogP contribution in [0.5, 0.6) is 0 Å². The van der Waals surface area contributed by atoms with Gasteiger partial charge in [0, 0.05) is 42.8 Å². The van der Waals surface area contributed by atoms with Gasteiger partial charge in [0.1, 0.15) is 5.69 Å². The lowest BCUT2D eigenvalue weighted by Gasteiger charge is -2.29. The predicted octanol–water partition coefficient (Wildman–Crippen LogP) is 4.76. The van der Waals surface area contributed by atoms with Gasteiger partial charge < -0.3 is 14.2 Å². The molecule has 1 unspecified atom stereocenters. The Morgan fingerprint density at radius 1 is 1.11 bits per heavy atom. The zero-order chi connectivity index (χ0) is 26.8. The van der Waals surface area contributed by atoms with Crippen molar-refractivity contribution in [2.24, 2.45) is 7.05 Å². The average molecular weight is 502 g/mol. The summed E-state index contributed by atoms with van der Waals surface area (Å²) in [5, 5.41) is 0. The molecule has 0 aliphatic carbocycles. The smallest absolute Gasteiger partial charge is 0.416 e. The maximum atomic E-state index is 13.7. The van der Waals surface area contributed by atoms with Crippen molar-refractivity contribution in [3.05, 3.63) is 88.0 Å². The number of pyridine rings is 1. The highest BCUT2D eigenvalue weighted by Gasteiger charge is 2.34. The second-order valence-electron chi connectivity index (χ2n) is 8.39.